The molecule has 0 spiro atoms. The molecule has 0 radical (unpaired) electrons. The molecule has 0 aliphatic rings. The van der Waals surface area contributed by atoms with Crippen LogP contribution in [0.25, 0.3) is 10.8 Å². The summed E-state index contributed by atoms with van der Waals surface area (Å²) in [6.45, 7) is 5.11. The summed E-state index contributed by atoms with van der Waals surface area (Å²) >= 11 is 0. The van der Waals surface area contributed by atoms with Crippen LogP contribution in [0, 0.1) is 24.0 Å². The van der Waals surface area contributed by atoms with Crippen LogP contribution >= 0.6 is 0 Å². The summed E-state index contributed by atoms with van der Waals surface area (Å²) < 4.78 is 5.50. The van der Waals surface area contributed by atoms with Gasteiger partial charge in [0.2, 0.25) is 5.75 Å². The normalized spacial score (nSPS) is 11.8. The molecule has 1 amide bonds. The second-order valence-corrected chi connectivity index (χ2v) is 6.87. The minimum absolute atomic E-state index is 0.129. The van der Waals surface area contributed by atoms with E-state index in [1.54, 1.807) is 19.9 Å². The first-order chi connectivity index (χ1) is 13.3. The molecule has 0 aliphatic heterocycles. The van der Waals surface area contributed by atoms with Gasteiger partial charge in [0.05, 0.1) is 11.0 Å². The maximum atomic E-state index is 12.3. The zero-order valence-electron chi connectivity index (χ0n) is 16.1. The van der Waals surface area contributed by atoms with E-state index in [4.69, 9.17) is 4.74 Å². The SMILES string of the molecule is Cc1cc(C)c(OCC(=O)N[C@H](C)c2ccc3ccccc3c2)c([N+](=O)[O-])c1. The van der Waals surface area contributed by atoms with E-state index in [1.807, 2.05) is 49.4 Å². The molecule has 0 unspecified atom stereocenters. The number of rotatable bonds is 6. The molecule has 6 heteroatoms. The van der Waals surface area contributed by atoms with Gasteiger partial charge in [-0.3, -0.25) is 14.9 Å². The Bertz CT molecular complexity index is 1050. The second kappa shape index (κ2) is 8.08. The number of nitro benzene ring substituents is 1. The largest absolute Gasteiger partial charge is 0.477 e. The van der Waals surface area contributed by atoms with Gasteiger partial charge in [0, 0.05) is 6.07 Å². The maximum absolute atomic E-state index is 12.3. The summed E-state index contributed by atoms with van der Waals surface area (Å²) in [7, 11) is 0. The van der Waals surface area contributed by atoms with Crippen molar-refractivity contribution in [2.45, 2.75) is 26.8 Å². The Labute approximate surface area is 163 Å². The number of nitrogens with zero attached hydrogens (tertiary/aromatic N) is 1. The van der Waals surface area contributed by atoms with Gasteiger partial charge in [-0.2, -0.15) is 0 Å². The van der Waals surface area contributed by atoms with Gasteiger partial charge in [-0.1, -0.05) is 42.5 Å². The molecule has 3 aromatic rings. The molecular weight excluding hydrogens is 356 g/mol. The Morgan fingerprint density at radius 3 is 2.54 bits per heavy atom. The molecule has 0 aliphatic carbocycles. The molecule has 0 saturated heterocycles. The predicted molar refractivity (Wildman–Crippen MR) is 109 cm³/mol. The number of carbonyl (C=O) groups is 1. The molecule has 0 fully saturated rings. The first kappa shape index (κ1) is 19.4. The predicted octanol–water partition coefficient (Wildman–Crippen LogP) is 4.62. The Kier molecular flexibility index (Phi) is 5.59. The number of amides is 1. The molecule has 3 rings (SSSR count). The number of nitrogens with one attached hydrogen (secondary N) is 1. The number of benzene rings is 3. The lowest BCUT2D eigenvalue weighted by Crippen LogP contribution is -2.31. The Morgan fingerprint density at radius 2 is 1.82 bits per heavy atom. The summed E-state index contributed by atoms with van der Waals surface area (Å²) in [4.78, 5) is 23.1. The lowest BCUT2D eigenvalue weighted by Gasteiger charge is -2.16. The van der Waals surface area contributed by atoms with E-state index in [1.165, 1.54) is 6.07 Å². The van der Waals surface area contributed by atoms with Crippen LogP contribution in [0.1, 0.15) is 29.7 Å². The van der Waals surface area contributed by atoms with E-state index >= 15 is 0 Å². The standard InChI is InChI=1S/C22H22N2O4/c1-14-10-15(2)22(20(11-14)24(26)27)28-13-21(25)23-16(3)18-9-8-17-6-4-5-7-19(17)12-18/h4-12,16H,13H2,1-3H3,(H,23,25)/t16-/m1/s1. The second-order valence-electron chi connectivity index (χ2n) is 6.87. The number of hydrogen-bond donors (Lipinski definition) is 1. The summed E-state index contributed by atoms with van der Waals surface area (Å²) in [5, 5.41) is 16.4. The Morgan fingerprint density at radius 1 is 1.11 bits per heavy atom. The summed E-state index contributed by atoms with van der Waals surface area (Å²) in [5.74, 6) is -0.209. The van der Waals surface area contributed by atoms with Crippen molar-refractivity contribution in [2.75, 3.05) is 6.61 Å². The Hall–Kier alpha value is -3.41. The Balaban J connectivity index is 1.68. The van der Waals surface area contributed by atoms with Crippen LogP contribution in [-0.4, -0.2) is 17.4 Å². The van der Waals surface area contributed by atoms with Crippen LogP contribution in [0.4, 0.5) is 5.69 Å². The number of fused-ring (bicyclic) bond motifs is 1. The topological polar surface area (TPSA) is 81.5 Å². The molecule has 0 aromatic heterocycles. The van der Waals surface area contributed by atoms with Crippen LogP contribution in [-0.2, 0) is 4.79 Å². The number of nitro groups is 1. The van der Waals surface area contributed by atoms with E-state index in [0.29, 0.717) is 5.56 Å². The summed E-state index contributed by atoms with van der Waals surface area (Å²) in [6.07, 6.45) is 0. The fraction of sp³-hybridized carbons (Fsp3) is 0.227. The van der Waals surface area contributed by atoms with Crippen LogP contribution in [0.3, 0.4) is 0 Å². The van der Waals surface area contributed by atoms with Gasteiger partial charge < -0.3 is 10.1 Å². The molecule has 144 valence electrons. The number of hydrogen-bond acceptors (Lipinski definition) is 4. The van der Waals surface area contributed by atoms with Crippen molar-refractivity contribution >= 4 is 22.4 Å². The molecule has 28 heavy (non-hydrogen) atoms. The minimum atomic E-state index is -0.495. The minimum Gasteiger partial charge on any atom is -0.477 e. The molecule has 0 saturated carbocycles. The smallest absolute Gasteiger partial charge is 0.311 e. The molecule has 0 heterocycles. The van der Waals surface area contributed by atoms with Crippen LogP contribution in [0.5, 0.6) is 5.75 Å². The van der Waals surface area contributed by atoms with Crippen molar-refractivity contribution in [3.8, 4) is 5.75 Å². The third-order valence-corrected chi connectivity index (χ3v) is 4.59. The average Bonchev–Trinajstić information content (AvgIpc) is 2.66. The summed E-state index contributed by atoms with van der Waals surface area (Å²) in [5.41, 5.74) is 2.24. The van der Waals surface area contributed by atoms with Gasteiger partial charge in [0.25, 0.3) is 5.91 Å². The van der Waals surface area contributed by atoms with Crippen LogP contribution < -0.4 is 10.1 Å². The van der Waals surface area contributed by atoms with Gasteiger partial charge in [0.15, 0.2) is 6.61 Å². The first-order valence-electron chi connectivity index (χ1n) is 9.01. The van der Waals surface area contributed by atoms with Crippen molar-refractivity contribution in [3.05, 3.63) is 81.4 Å². The number of aryl methyl sites for hydroxylation is 2. The van der Waals surface area contributed by atoms with E-state index in [2.05, 4.69) is 5.32 Å². The average molecular weight is 378 g/mol. The molecule has 3 aromatic carbocycles. The van der Waals surface area contributed by atoms with Crippen LogP contribution in [0.2, 0.25) is 0 Å². The van der Waals surface area contributed by atoms with Gasteiger partial charge >= 0.3 is 5.69 Å². The van der Waals surface area contributed by atoms with E-state index in [0.717, 1.165) is 21.9 Å². The van der Waals surface area contributed by atoms with Gasteiger partial charge in [-0.15, -0.1) is 0 Å². The number of carbonyl (C=O) groups excluding carboxylic acids is 1. The maximum Gasteiger partial charge on any atom is 0.311 e. The zero-order chi connectivity index (χ0) is 20.3. The summed E-state index contributed by atoms with van der Waals surface area (Å²) in [6, 6.07) is 17.1. The third kappa shape index (κ3) is 4.28. The number of ether oxygens (including phenoxy) is 1. The quantitative estimate of drug-likeness (QED) is 0.501. The molecule has 0 bridgehead atoms. The first-order valence-corrected chi connectivity index (χ1v) is 9.01. The monoisotopic (exact) mass is 378 g/mol. The van der Waals surface area contributed by atoms with Crippen molar-refractivity contribution in [2.24, 2.45) is 0 Å². The van der Waals surface area contributed by atoms with Crippen molar-refractivity contribution in [1.82, 2.24) is 5.32 Å². The third-order valence-electron chi connectivity index (χ3n) is 4.59. The van der Waals surface area contributed by atoms with Gasteiger partial charge in [-0.25, -0.2) is 0 Å². The highest BCUT2D eigenvalue weighted by Gasteiger charge is 2.20. The molecule has 1 N–H and O–H groups in total. The molecule has 6 nitrogen and oxygen atoms in total. The zero-order valence-corrected chi connectivity index (χ0v) is 16.1. The van der Waals surface area contributed by atoms with Gasteiger partial charge in [-0.05, 0) is 54.3 Å². The van der Waals surface area contributed by atoms with Crippen LogP contribution in [0.15, 0.2) is 54.6 Å². The molecular formula is C22H22N2O4. The lowest BCUT2D eigenvalue weighted by atomic mass is 10.0. The van der Waals surface area contributed by atoms with Crippen molar-refractivity contribution < 1.29 is 14.5 Å². The fourth-order valence-corrected chi connectivity index (χ4v) is 3.24. The highest BCUT2D eigenvalue weighted by atomic mass is 16.6. The van der Waals surface area contributed by atoms with E-state index in [9.17, 15) is 14.9 Å². The van der Waals surface area contributed by atoms with E-state index in [-0.39, 0.29) is 30.0 Å². The highest BCUT2D eigenvalue weighted by molar-refractivity contribution is 5.83. The van der Waals surface area contributed by atoms with Crippen molar-refractivity contribution in [3.63, 3.8) is 0 Å². The fourth-order valence-electron chi connectivity index (χ4n) is 3.24. The molecule has 1 atom stereocenters. The highest BCUT2D eigenvalue weighted by Crippen LogP contribution is 2.32. The van der Waals surface area contributed by atoms with Crippen molar-refractivity contribution in [1.29, 1.82) is 0 Å². The van der Waals surface area contributed by atoms with Gasteiger partial charge in [0.1, 0.15) is 0 Å². The van der Waals surface area contributed by atoms with E-state index < -0.39 is 4.92 Å². The lowest BCUT2D eigenvalue weighted by molar-refractivity contribution is -0.385.